The summed E-state index contributed by atoms with van der Waals surface area (Å²) in [7, 11) is 0. The lowest BCUT2D eigenvalue weighted by Crippen LogP contribution is -2.13. The van der Waals surface area contributed by atoms with E-state index in [9.17, 15) is 4.79 Å². The van der Waals surface area contributed by atoms with Crippen LogP contribution in [0.1, 0.15) is 37.5 Å². The molecule has 0 bridgehead atoms. The average molecular weight is 286 g/mol. The van der Waals surface area contributed by atoms with Crippen molar-refractivity contribution >= 4 is 17.3 Å². The first-order valence-corrected chi connectivity index (χ1v) is 7.09. The normalized spacial score (nSPS) is 15.5. The average Bonchev–Trinajstić information content (AvgIpc) is 3.21. The zero-order valence-corrected chi connectivity index (χ0v) is 12.1. The fourth-order valence-corrected chi connectivity index (χ4v) is 2.08. The molecule has 2 N–H and O–H groups in total. The molecule has 6 heteroatoms. The number of nitrogens with zero attached hydrogens (tertiary/aromatic N) is 2. The summed E-state index contributed by atoms with van der Waals surface area (Å²) in [6, 6.07) is 7.52. The van der Waals surface area contributed by atoms with Crippen molar-refractivity contribution < 1.29 is 9.32 Å². The second kappa shape index (κ2) is 5.55. The Hall–Kier alpha value is -2.37. The molecule has 21 heavy (non-hydrogen) atoms. The topological polar surface area (TPSA) is 80.0 Å². The number of amides is 1. The van der Waals surface area contributed by atoms with Crippen molar-refractivity contribution in [2.75, 3.05) is 10.6 Å². The molecule has 1 heterocycles. The van der Waals surface area contributed by atoms with Crippen LogP contribution in [0.25, 0.3) is 0 Å². The standard InChI is InChI=1S/C15H18N4O2/c1-9(15-17-10(2)19-21-15)16-12-4-3-5-13(8-12)18-14(20)11-6-7-11/h3-5,8-9,11,16H,6-7H2,1-2H3,(H,18,20)/t9-/m1/s1. The summed E-state index contributed by atoms with van der Waals surface area (Å²) in [6.07, 6.45) is 1.99. The smallest absolute Gasteiger partial charge is 0.248 e. The molecule has 0 aliphatic heterocycles. The van der Waals surface area contributed by atoms with Crippen LogP contribution in [-0.2, 0) is 4.79 Å². The second-order valence-electron chi connectivity index (χ2n) is 5.39. The van der Waals surface area contributed by atoms with Crippen LogP contribution in [0.3, 0.4) is 0 Å². The number of aromatic nitrogens is 2. The van der Waals surface area contributed by atoms with Crippen molar-refractivity contribution in [1.29, 1.82) is 0 Å². The van der Waals surface area contributed by atoms with Crippen LogP contribution in [0.5, 0.6) is 0 Å². The molecule has 1 aromatic carbocycles. The predicted molar refractivity (Wildman–Crippen MR) is 78.9 cm³/mol. The Morgan fingerprint density at radius 2 is 2.14 bits per heavy atom. The maximum Gasteiger partial charge on any atom is 0.248 e. The van der Waals surface area contributed by atoms with Gasteiger partial charge >= 0.3 is 0 Å². The predicted octanol–water partition coefficient (Wildman–Crippen LogP) is 2.90. The van der Waals surface area contributed by atoms with Crippen LogP contribution in [0.4, 0.5) is 11.4 Å². The van der Waals surface area contributed by atoms with Crippen molar-refractivity contribution in [3.8, 4) is 0 Å². The van der Waals surface area contributed by atoms with Crippen molar-refractivity contribution in [2.45, 2.75) is 32.7 Å². The molecule has 1 fully saturated rings. The van der Waals surface area contributed by atoms with Crippen molar-refractivity contribution in [2.24, 2.45) is 5.92 Å². The molecule has 3 rings (SSSR count). The first-order valence-electron chi connectivity index (χ1n) is 7.09. The number of aryl methyl sites for hydroxylation is 1. The second-order valence-corrected chi connectivity index (χ2v) is 5.39. The fourth-order valence-electron chi connectivity index (χ4n) is 2.08. The monoisotopic (exact) mass is 286 g/mol. The van der Waals surface area contributed by atoms with Gasteiger partial charge in [-0.2, -0.15) is 4.98 Å². The largest absolute Gasteiger partial charge is 0.374 e. The van der Waals surface area contributed by atoms with Crippen LogP contribution in [0.15, 0.2) is 28.8 Å². The Labute approximate surface area is 122 Å². The molecule has 2 aromatic rings. The lowest BCUT2D eigenvalue weighted by atomic mass is 10.2. The Bertz CT molecular complexity index is 649. The summed E-state index contributed by atoms with van der Waals surface area (Å²) in [6.45, 7) is 3.73. The van der Waals surface area contributed by atoms with Crippen LogP contribution < -0.4 is 10.6 Å². The van der Waals surface area contributed by atoms with Gasteiger partial charge in [-0.15, -0.1) is 0 Å². The Balaban J connectivity index is 1.66. The van der Waals surface area contributed by atoms with Gasteiger partial charge in [0.2, 0.25) is 11.8 Å². The van der Waals surface area contributed by atoms with E-state index in [0.29, 0.717) is 11.7 Å². The lowest BCUT2D eigenvalue weighted by molar-refractivity contribution is -0.117. The highest BCUT2D eigenvalue weighted by molar-refractivity contribution is 5.94. The molecule has 6 nitrogen and oxygen atoms in total. The van der Waals surface area contributed by atoms with E-state index >= 15 is 0 Å². The number of rotatable bonds is 5. The quantitative estimate of drug-likeness (QED) is 0.883. The number of carbonyl (C=O) groups excluding carboxylic acids is 1. The summed E-state index contributed by atoms with van der Waals surface area (Å²) < 4.78 is 5.14. The summed E-state index contributed by atoms with van der Waals surface area (Å²) in [5.74, 6) is 1.46. The molecule has 0 spiro atoms. The van der Waals surface area contributed by atoms with Gasteiger partial charge in [0.15, 0.2) is 5.82 Å². The molecule has 1 aromatic heterocycles. The van der Waals surface area contributed by atoms with E-state index < -0.39 is 0 Å². The number of hydrogen-bond acceptors (Lipinski definition) is 5. The molecule has 110 valence electrons. The molecule has 0 unspecified atom stereocenters. The third-order valence-electron chi connectivity index (χ3n) is 3.38. The van der Waals surface area contributed by atoms with E-state index in [2.05, 4.69) is 20.8 Å². The number of nitrogens with one attached hydrogen (secondary N) is 2. The SMILES string of the molecule is Cc1noc([C@@H](C)Nc2cccc(NC(=O)C3CC3)c2)n1. The minimum Gasteiger partial charge on any atom is -0.374 e. The summed E-state index contributed by atoms with van der Waals surface area (Å²) in [5.41, 5.74) is 1.69. The van der Waals surface area contributed by atoms with Gasteiger partial charge in [-0.1, -0.05) is 11.2 Å². The summed E-state index contributed by atoms with van der Waals surface area (Å²) in [4.78, 5) is 16.0. The summed E-state index contributed by atoms with van der Waals surface area (Å²) in [5, 5.41) is 9.99. The molecule has 1 atom stereocenters. The molecule has 1 saturated carbocycles. The van der Waals surface area contributed by atoms with E-state index in [4.69, 9.17) is 4.52 Å². The van der Waals surface area contributed by atoms with E-state index in [1.54, 1.807) is 6.92 Å². The molecule has 1 amide bonds. The molecular weight excluding hydrogens is 268 g/mol. The number of hydrogen-bond donors (Lipinski definition) is 2. The van der Waals surface area contributed by atoms with E-state index in [-0.39, 0.29) is 17.9 Å². The highest BCUT2D eigenvalue weighted by Crippen LogP contribution is 2.30. The van der Waals surface area contributed by atoms with Gasteiger partial charge in [-0.3, -0.25) is 4.79 Å². The number of benzene rings is 1. The van der Waals surface area contributed by atoms with Gasteiger partial charge in [-0.05, 0) is 44.9 Å². The minimum absolute atomic E-state index is 0.0967. The first-order chi connectivity index (χ1) is 10.1. The minimum atomic E-state index is -0.0967. The van der Waals surface area contributed by atoms with Gasteiger partial charge < -0.3 is 15.2 Å². The van der Waals surface area contributed by atoms with Gasteiger partial charge in [0.1, 0.15) is 6.04 Å². The number of anilines is 2. The van der Waals surface area contributed by atoms with Crippen LogP contribution in [0, 0.1) is 12.8 Å². The fraction of sp³-hybridized carbons (Fsp3) is 0.400. The summed E-state index contributed by atoms with van der Waals surface area (Å²) >= 11 is 0. The zero-order chi connectivity index (χ0) is 14.8. The van der Waals surface area contributed by atoms with Crippen molar-refractivity contribution in [1.82, 2.24) is 10.1 Å². The van der Waals surface area contributed by atoms with Crippen molar-refractivity contribution in [3.05, 3.63) is 36.0 Å². The van der Waals surface area contributed by atoms with Crippen LogP contribution in [0.2, 0.25) is 0 Å². The van der Waals surface area contributed by atoms with Gasteiger partial charge in [0.05, 0.1) is 0 Å². The highest BCUT2D eigenvalue weighted by Gasteiger charge is 2.29. The van der Waals surface area contributed by atoms with E-state index in [1.807, 2.05) is 31.2 Å². The Morgan fingerprint density at radius 3 is 2.81 bits per heavy atom. The highest BCUT2D eigenvalue weighted by atomic mass is 16.5. The lowest BCUT2D eigenvalue weighted by Gasteiger charge is -2.12. The third kappa shape index (κ3) is 3.39. The maximum absolute atomic E-state index is 11.8. The molecule has 0 saturated heterocycles. The van der Waals surface area contributed by atoms with Gasteiger partial charge in [0.25, 0.3) is 0 Å². The molecule has 1 aliphatic rings. The van der Waals surface area contributed by atoms with Crippen LogP contribution >= 0.6 is 0 Å². The molecule has 1 aliphatic carbocycles. The maximum atomic E-state index is 11.8. The zero-order valence-electron chi connectivity index (χ0n) is 12.1. The molecular formula is C15H18N4O2. The van der Waals surface area contributed by atoms with Crippen LogP contribution in [-0.4, -0.2) is 16.0 Å². The Kier molecular flexibility index (Phi) is 3.60. The Morgan fingerprint density at radius 1 is 1.38 bits per heavy atom. The number of carbonyl (C=O) groups is 1. The van der Waals surface area contributed by atoms with E-state index in [0.717, 1.165) is 24.2 Å². The molecule has 0 radical (unpaired) electrons. The van der Waals surface area contributed by atoms with Crippen molar-refractivity contribution in [3.63, 3.8) is 0 Å². The van der Waals surface area contributed by atoms with Gasteiger partial charge in [-0.25, -0.2) is 0 Å². The van der Waals surface area contributed by atoms with E-state index in [1.165, 1.54) is 0 Å². The first kappa shape index (κ1) is 13.6. The van der Waals surface area contributed by atoms with Gasteiger partial charge in [0, 0.05) is 17.3 Å². The third-order valence-corrected chi connectivity index (χ3v) is 3.38.